The number of rotatable bonds is 4. The van der Waals surface area contributed by atoms with Crippen LogP contribution in [0.4, 0.5) is 11.5 Å². The van der Waals surface area contributed by atoms with Crippen molar-refractivity contribution in [2.75, 3.05) is 17.2 Å². The summed E-state index contributed by atoms with van der Waals surface area (Å²) in [5.41, 5.74) is 7.28. The second-order valence-corrected chi connectivity index (χ2v) is 4.67. The number of nitrogen functional groups attached to an aromatic ring is 1. The number of nitrogens with zero attached hydrogens (tertiary/aromatic N) is 4. The van der Waals surface area contributed by atoms with Gasteiger partial charge in [0.15, 0.2) is 0 Å². The van der Waals surface area contributed by atoms with Crippen LogP contribution in [0.1, 0.15) is 20.3 Å². The summed E-state index contributed by atoms with van der Waals surface area (Å²) in [6.45, 7) is 4.83. The number of benzene rings is 1. The standard InChI is InChI=1S/C14H17N5/c1-10(2)19(7-3-6-15)14-12-5-4-11(16)8-13(12)17-9-18-14/h4-5,8-10H,3,7,16H2,1-2H3. The number of nitriles is 1. The molecule has 1 aromatic heterocycles. The van der Waals surface area contributed by atoms with Crippen molar-refractivity contribution in [1.82, 2.24) is 9.97 Å². The number of nitrogens with two attached hydrogens (primary N) is 1. The highest BCUT2D eigenvalue weighted by molar-refractivity contribution is 5.91. The van der Waals surface area contributed by atoms with Crippen molar-refractivity contribution in [2.45, 2.75) is 26.3 Å². The molecule has 0 amide bonds. The first-order valence-electron chi connectivity index (χ1n) is 6.27. The van der Waals surface area contributed by atoms with Crippen LogP contribution in [0, 0.1) is 11.3 Å². The van der Waals surface area contributed by atoms with Gasteiger partial charge in [0.25, 0.3) is 0 Å². The topological polar surface area (TPSA) is 78.8 Å². The van der Waals surface area contributed by atoms with Gasteiger partial charge in [0.1, 0.15) is 12.1 Å². The van der Waals surface area contributed by atoms with Gasteiger partial charge in [0, 0.05) is 23.7 Å². The molecule has 0 saturated heterocycles. The zero-order chi connectivity index (χ0) is 13.8. The fourth-order valence-corrected chi connectivity index (χ4v) is 2.07. The Bertz CT molecular complexity index is 615. The van der Waals surface area contributed by atoms with Crippen molar-refractivity contribution in [1.29, 1.82) is 5.26 Å². The lowest BCUT2D eigenvalue weighted by Crippen LogP contribution is -2.32. The summed E-state index contributed by atoms with van der Waals surface area (Å²) in [5.74, 6) is 0.857. The molecule has 1 heterocycles. The van der Waals surface area contributed by atoms with Gasteiger partial charge in [-0.1, -0.05) is 0 Å². The van der Waals surface area contributed by atoms with Crippen LogP contribution in [0.15, 0.2) is 24.5 Å². The molecule has 2 N–H and O–H groups in total. The second kappa shape index (κ2) is 5.53. The average Bonchev–Trinajstić information content (AvgIpc) is 2.38. The van der Waals surface area contributed by atoms with E-state index in [-0.39, 0.29) is 6.04 Å². The first-order chi connectivity index (χ1) is 9.13. The van der Waals surface area contributed by atoms with Gasteiger partial charge in [-0.2, -0.15) is 5.26 Å². The van der Waals surface area contributed by atoms with E-state index in [1.807, 2.05) is 18.2 Å². The molecule has 0 aliphatic rings. The van der Waals surface area contributed by atoms with Crippen molar-refractivity contribution in [3.63, 3.8) is 0 Å². The van der Waals surface area contributed by atoms with E-state index in [1.54, 1.807) is 6.33 Å². The lowest BCUT2D eigenvalue weighted by molar-refractivity contribution is 0.679. The maximum absolute atomic E-state index is 8.77. The molecule has 98 valence electrons. The van der Waals surface area contributed by atoms with Gasteiger partial charge in [0.05, 0.1) is 18.0 Å². The molecule has 0 bridgehead atoms. The summed E-state index contributed by atoms with van der Waals surface area (Å²) >= 11 is 0. The molecule has 2 rings (SSSR count). The van der Waals surface area contributed by atoms with Gasteiger partial charge in [-0.15, -0.1) is 0 Å². The van der Waals surface area contributed by atoms with E-state index in [2.05, 4.69) is 34.8 Å². The van der Waals surface area contributed by atoms with Crippen LogP contribution in [0.2, 0.25) is 0 Å². The second-order valence-electron chi connectivity index (χ2n) is 4.67. The van der Waals surface area contributed by atoms with Gasteiger partial charge in [-0.3, -0.25) is 0 Å². The molecule has 0 spiro atoms. The first-order valence-corrected chi connectivity index (χ1v) is 6.27. The van der Waals surface area contributed by atoms with Crippen molar-refractivity contribution >= 4 is 22.4 Å². The molecule has 0 radical (unpaired) electrons. The van der Waals surface area contributed by atoms with Crippen LogP contribution >= 0.6 is 0 Å². The zero-order valence-electron chi connectivity index (χ0n) is 11.2. The van der Waals surface area contributed by atoms with Crippen LogP contribution in [0.5, 0.6) is 0 Å². The van der Waals surface area contributed by atoms with Gasteiger partial charge in [-0.05, 0) is 32.0 Å². The molecular formula is C14H17N5. The first kappa shape index (κ1) is 13.1. The van der Waals surface area contributed by atoms with Gasteiger partial charge < -0.3 is 10.6 Å². The van der Waals surface area contributed by atoms with E-state index < -0.39 is 0 Å². The highest BCUT2D eigenvalue weighted by Gasteiger charge is 2.15. The fraction of sp³-hybridized carbons (Fsp3) is 0.357. The molecule has 5 heteroatoms. The molecule has 0 fully saturated rings. The third kappa shape index (κ3) is 2.74. The minimum atomic E-state index is 0.268. The van der Waals surface area contributed by atoms with E-state index in [9.17, 15) is 0 Å². The smallest absolute Gasteiger partial charge is 0.140 e. The lowest BCUT2D eigenvalue weighted by Gasteiger charge is -2.27. The van der Waals surface area contributed by atoms with E-state index in [0.29, 0.717) is 18.7 Å². The van der Waals surface area contributed by atoms with Crippen molar-refractivity contribution in [2.24, 2.45) is 0 Å². The number of hydrogen-bond acceptors (Lipinski definition) is 5. The largest absolute Gasteiger partial charge is 0.399 e. The summed E-state index contributed by atoms with van der Waals surface area (Å²) in [7, 11) is 0. The van der Waals surface area contributed by atoms with Gasteiger partial charge in [-0.25, -0.2) is 9.97 Å². The molecule has 0 atom stereocenters. The van der Waals surface area contributed by atoms with E-state index >= 15 is 0 Å². The molecule has 0 unspecified atom stereocenters. The minimum absolute atomic E-state index is 0.268. The van der Waals surface area contributed by atoms with Crippen LogP contribution < -0.4 is 10.6 Å². The third-order valence-electron chi connectivity index (χ3n) is 3.00. The molecular weight excluding hydrogens is 238 g/mol. The maximum Gasteiger partial charge on any atom is 0.140 e. The SMILES string of the molecule is CC(C)N(CCC#N)c1ncnc2cc(N)ccc12. The van der Waals surface area contributed by atoms with Crippen molar-refractivity contribution in [3.05, 3.63) is 24.5 Å². The summed E-state index contributed by atoms with van der Waals surface area (Å²) in [4.78, 5) is 10.7. The summed E-state index contributed by atoms with van der Waals surface area (Å²) in [5, 5.41) is 9.73. The molecule has 0 saturated carbocycles. The van der Waals surface area contributed by atoms with Crippen molar-refractivity contribution in [3.8, 4) is 6.07 Å². The highest BCUT2D eigenvalue weighted by atomic mass is 15.2. The summed E-state index contributed by atoms with van der Waals surface area (Å²) in [6, 6.07) is 8.06. The molecule has 0 aliphatic carbocycles. The third-order valence-corrected chi connectivity index (χ3v) is 3.00. The molecule has 2 aromatic rings. The number of anilines is 2. The Morgan fingerprint density at radius 3 is 2.84 bits per heavy atom. The van der Waals surface area contributed by atoms with E-state index in [4.69, 9.17) is 11.0 Å². The van der Waals surface area contributed by atoms with Crippen LogP contribution in [0.25, 0.3) is 10.9 Å². The van der Waals surface area contributed by atoms with Gasteiger partial charge in [0.2, 0.25) is 0 Å². The predicted octanol–water partition coefficient (Wildman–Crippen LogP) is 2.34. The Hall–Kier alpha value is -2.35. The molecule has 1 aromatic carbocycles. The number of aromatic nitrogens is 2. The van der Waals surface area contributed by atoms with E-state index in [0.717, 1.165) is 16.7 Å². The minimum Gasteiger partial charge on any atom is -0.399 e. The number of fused-ring (bicyclic) bond motifs is 1. The Morgan fingerprint density at radius 1 is 1.37 bits per heavy atom. The number of hydrogen-bond donors (Lipinski definition) is 1. The van der Waals surface area contributed by atoms with Crippen LogP contribution in [-0.2, 0) is 0 Å². The summed E-state index contributed by atoms with van der Waals surface area (Å²) < 4.78 is 0. The normalized spacial score (nSPS) is 10.6. The van der Waals surface area contributed by atoms with E-state index in [1.165, 1.54) is 0 Å². The maximum atomic E-state index is 8.77. The Balaban J connectivity index is 2.50. The molecule has 5 nitrogen and oxygen atoms in total. The van der Waals surface area contributed by atoms with Crippen molar-refractivity contribution < 1.29 is 0 Å². The Morgan fingerprint density at radius 2 is 2.16 bits per heavy atom. The quantitative estimate of drug-likeness (QED) is 0.848. The average molecular weight is 255 g/mol. The summed E-state index contributed by atoms with van der Waals surface area (Å²) in [6.07, 6.45) is 2.01. The van der Waals surface area contributed by atoms with Gasteiger partial charge >= 0.3 is 0 Å². The van der Waals surface area contributed by atoms with Crippen LogP contribution in [-0.4, -0.2) is 22.6 Å². The predicted molar refractivity (Wildman–Crippen MR) is 76.7 cm³/mol. The Kier molecular flexibility index (Phi) is 3.81. The highest BCUT2D eigenvalue weighted by Crippen LogP contribution is 2.25. The monoisotopic (exact) mass is 255 g/mol. The Labute approximate surface area is 112 Å². The lowest BCUT2D eigenvalue weighted by atomic mass is 10.2. The zero-order valence-corrected chi connectivity index (χ0v) is 11.2. The van der Waals surface area contributed by atoms with Crippen LogP contribution in [0.3, 0.4) is 0 Å². The molecule has 0 aliphatic heterocycles. The molecule has 19 heavy (non-hydrogen) atoms. The fourth-order valence-electron chi connectivity index (χ4n) is 2.07.